The summed E-state index contributed by atoms with van der Waals surface area (Å²) in [6.45, 7) is 15.6. The minimum atomic E-state index is -2.44. The SMILES string of the molecule is COCCCN1C(=O)COc2ccc(CO[C@H]3CN(C(=O)OCc4ccccc4)C[C@@H](O[Si](C(C)C)(C(C)C)C(C)C)[C@@H]3c3ccc(O)cc3)cc21. The first-order valence-corrected chi connectivity index (χ1v) is 20.7. The predicted octanol–water partition coefficient (Wildman–Crippen LogP) is 8.04. The molecule has 0 aliphatic carbocycles. The highest BCUT2D eigenvalue weighted by molar-refractivity contribution is 6.77. The number of rotatable bonds is 15. The van der Waals surface area contributed by atoms with E-state index in [2.05, 4.69) is 41.5 Å². The summed E-state index contributed by atoms with van der Waals surface area (Å²) >= 11 is 0. The molecule has 1 fully saturated rings. The van der Waals surface area contributed by atoms with Gasteiger partial charge >= 0.3 is 6.09 Å². The Labute approximate surface area is 310 Å². The lowest BCUT2D eigenvalue weighted by Gasteiger charge is -2.50. The Bertz CT molecular complexity index is 1590. The standard InChI is InChI=1S/C41H56N2O8Si/c1-28(2)52(29(3)4,30(5)6)51-38-24-42(41(46)50-25-31-12-9-8-10-13-31)23-37(40(38)33-15-17-34(44)18-16-33)48-26-32-14-19-36-35(22-32)43(20-11-21-47-7)39(45)27-49-36/h8-10,12-19,22,28-30,37-38,40,44H,11,20-21,23-27H2,1-7H3/t37-,38+,40+/m0/s1. The van der Waals surface area contributed by atoms with Crippen LogP contribution < -0.4 is 9.64 Å². The van der Waals surface area contributed by atoms with Crippen LogP contribution in [-0.2, 0) is 36.6 Å². The quantitative estimate of drug-likeness (QED) is 0.124. The predicted molar refractivity (Wildman–Crippen MR) is 204 cm³/mol. The van der Waals surface area contributed by atoms with Crippen LogP contribution in [0, 0.1) is 0 Å². The maximum atomic E-state index is 13.8. The first-order chi connectivity index (χ1) is 24.9. The molecule has 0 saturated carbocycles. The van der Waals surface area contributed by atoms with Crippen LogP contribution >= 0.6 is 0 Å². The maximum Gasteiger partial charge on any atom is 0.410 e. The molecule has 0 unspecified atom stereocenters. The van der Waals surface area contributed by atoms with Gasteiger partial charge in [-0.3, -0.25) is 4.79 Å². The van der Waals surface area contributed by atoms with Gasteiger partial charge in [-0.05, 0) is 64.0 Å². The third kappa shape index (κ3) is 8.99. The van der Waals surface area contributed by atoms with E-state index in [1.807, 2.05) is 60.7 Å². The fourth-order valence-corrected chi connectivity index (χ4v) is 13.7. The molecule has 282 valence electrons. The second-order valence-corrected chi connectivity index (χ2v) is 20.3. The van der Waals surface area contributed by atoms with Crippen molar-refractivity contribution in [2.75, 3.05) is 44.9 Å². The minimum absolute atomic E-state index is 0.00224. The highest BCUT2D eigenvalue weighted by atomic mass is 28.4. The number of nitrogens with zero attached hydrogens (tertiary/aromatic N) is 2. The van der Waals surface area contributed by atoms with Gasteiger partial charge in [0.05, 0.1) is 31.0 Å². The second kappa shape index (κ2) is 17.7. The summed E-state index contributed by atoms with van der Waals surface area (Å²) < 4.78 is 31.2. The van der Waals surface area contributed by atoms with E-state index in [1.54, 1.807) is 29.0 Å². The van der Waals surface area contributed by atoms with Crippen molar-refractivity contribution in [2.45, 2.75) is 95.9 Å². The molecule has 2 aliphatic heterocycles. The molecular formula is C41H56N2O8Si. The zero-order valence-electron chi connectivity index (χ0n) is 31.7. The highest BCUT2D eigenvalue weighted by Crippen LogP contribution is 2.46. The fraction of sp³-hybridized carbons (Fsp3) is 0.512. The van der Waals surface area contributed by atoms with Crippen molar-refractivity contribution in [3.8, 4) is 11.5 Å². The topological polar surface area (TPSA) is 107 Å². The summed E-state index contributed by atoms with van der Waals surface area (Å²) in [7, 11) is -0.791. The maximum absolute atomic E-state index is 13.8. The Morgan fingerprint density at radius 1 is 0.885 bits per heavy atom. The van der Waals surface area contributed by atoms with Gasteiger partial charge in [0, 0.05) is 32.7 Å². The summed E-state index contributed by atoms with van der Waals surface area (Å²) in [6, 6.07) is 22.7. The molecule has 0 radical (unpaired) electrons. The van der Waals surface area contributed by atoms with E-state index in [-0.39, 0.29) is 43.9 Å². The van der Waals surface area contributed by atoms with Crippen LogP contribution in [0.2, 0.25) is 16.6 Å². The Kier molecular flexibility index (Phi) is 13.4. The van der Waals surface area contributed by atoms with Gasteiger partial charge in [-0.1, -0.05) is 90.1 Å². The van der Waals surface area contributed by atoms with Crippen molar-refractivity contribution in [1.29, 1.82) is 0 Å². The number of benzene rings is 3. The van der Waals surface area contributed by atoms with E-state index >= 15 is 0 Å². The smallest absolute Gasteiger partial charge is 0.410 e. The summed E-state index contributed by atoms with van der Waals surface area (Å²) in [4.78, 5) is 30.2. The second-order valence-electron chi connectivity index (χ2n) is 14.9. The number of methoxy groups -OCH3 is 1. The molecule has 10 nitrogen and oxygen atoms in total. The number of carbonyl (C=O) groups is 2. The van der Waals surface area contributed by atoms with Crippen LogP contribution in [-0.4, -0.2) is 82.5 Å². The first kappa shape index (κ1) is 39.3. The molecule has 3 aromatic carbocycles. The summed E-state index contributed by atoms with van der Waals surface area (Å²) in [5.74, 6) is 0.490. The number of fused-ring (bicyclic) bond motifs is 1. The Morgan fingerprint density at radius 3 is 2.21 bits per heavy atom. The molecule has 2 aliphatic rings. The van der Waals surface area contributed by atoms with Gasteiger partial charge in [0.25, 0.3) is 5.91 Å². The minimum Gasteiger partial charge on any atom is -0.508 e. The number of phenols is 1. The summed E-state index contributed by atoms with van der Waals surface area (Å²) in [5, 5.41) is 10.2. The number of phenolic OH excluding ortho intramolecular Hbond substituents is 1. The number of likely N-dealkylation sites (tertiary alicyclic amines) is 1. The first-order valence-electron chi connectivity index (χ1n) is 18.5. The highest BCUT2D eigenvalue weighted by Gasteiger charge is 2.51. The van der Waals surface area contributed by atoms with E-state index in [9.17, 15) is 14.7 Å². The molecule has 5 rings (SSSR count). The molecule has 2 heterocycles. The normalized spacial score (nSPS) is 19.3. The molecule has 2 amide bonds. The molecule has 11 heteroatoms. The van der Waals surface area contributed by atoms with E-state index in [4.69, 9.17) is 23.4 Å². The lowest BCUT2D eigenvalue weighted by Crippen LogP contribution is -2.59. The monoisotopic (exact) mass is 732 g/mol. The number of hydrogen-bond acceptors (Lipinski definition) is 8. The molecular weight excluding hydrogens is 677 g/mol. The number of hydrogen-bond donors (Lipinski definition) is 1. The van der Waals surface area contributed by atoms with Gasteiger partial charge < -0.3 is 38.3 Å². The van der Waals surface area contributed by atoms with Crippen molar-refractivity contribution in [1.82, 2.24) is 4.90 Å². The summed E-state index contributed by atoms with van der Waals surface area (Å²) in [6.07, 6.45) is -0.586. The van der Waals surface area contributed by atoms with Gasteiger partial charge in [0.1, 0.15) is 18.1 Å². The van der Waals surface area contributed by atoms with Crippen LogP contribution in [0.25, 0.3) is 0 Å². The molecule has 0 spiro atoms. The van der Waals surface area contributed by atoms with Crippen molar-refractivity contribution < 1.29 is 38.1 Å². The number of carbonyl (C=O) groups excluding carboxylic acids is 2. The molecule has 1 saturated heterocycles. The third-order valence-corrected chi connectivity index (χ3v) is 16.7. The summed E-state index contributed by atoms with van der Waals surface area (Å²) in [5.41, 5.74) is 4.42. The largest absolute Gasteiger partial charge is 0.508 e. The van der Waals surface area contributed by atoms with Gasteiger partial charge in [-0.2, -0.15) is 0 Å². The van der Waals surface area contributed by atoms with Crippen LogP contribution in [0.15, 0.2) is 72.8 Å². The fourth-order valence-electron chi connectivity index (χ4n) is 8.15. The Balaban J connectivity index is 1.49. The number of piperidine rings is 1. The molecule has 0 bridgehead atoms. The average Bonchev–Trinajstić information content (AvgIpc) is 3.13. The van der Waals surface area contributed by atoms with Gasteiger partial charge in [0.15, 0.2) is 6.61 Å². The number of ether oxygens (including phenoxy) is 4. The van der Waals surface area contributed by atoms with E-state index in [0.29, 0.717) is 54.2 Å². The van der Waals surface area contributed by atoms with Gasteiger partial charge in [-0.15, -0.1) is 0 Å². The molecule has 52 heavy (non-hydrogen) atoms. The average molecular weight is 733 g/mol. The van der Waals surface area contributed by atoms with Crippen LogP contribution in [0.1, 0.15) is 70.6 Å². The van der Waals surface area contributed by atoms with Crippen molar-refractivity contribution in [3.05, 3.63) is 89.5 Å². The van der Waals surface area contributed by atoms with Gasteiger partial charge in [-0.25, -0.2) is 4.79 Å². The van der Waals surface area contributed by atoms with Crippen molar-refractivity contribution >= 4 is 26.0 Å². The number of amides is 2. The number of aromatic hydroxyl groups is 1. The third-order valence-electron chi connectivity index (χ3n) is 10.6. The van der Waals surface area contributed by atoms with Gasteiger partial charge in [0.2, 0.25) is 8.32 Å². The van der Waals surface area contributed by atoms with Crippen LogP contribution in [0.3, 0.4) is 0 Å². The molecule has 0 aromatic heterocycles. The van der Waals surface area contributed by atoms with Crippen LogP contribution in [0.4, 0.5) is 10.5 Å². The number of anilines is 1. The van der Waals surface area contributed by atoms with E-state index < -0.39 is 26.6 Å². The van der Waals surface area contributed by atoms with E-state index in [1.165, 1.54) is 0 Å². The Morgan fingerprint density at radius 2 is 1.56 bits per heavy atom. The molecule has 3 aromatic rings. The molecule has 1 N–H and O–H groups in total. The van der Waals surface area contributed by atoms with Crippen molar-refractivity contribution in [2.24, 2.45) is 0 Å². The van der Waals surface area contributed by atoms with Crippen molar-refractivity contribution in [3.63, 3.8) is 0 Å². The zero-order valence-corrected chi connectivity index (χ0v) is 32.7. The molecule has 3 atom stereocenters. The lowest BCUT2D eigenvalue weighted by molar-refractivity contribution is -0.121. The van der Waals surface area contributed by atoms with E-state index in [0.717, 1.165) is 16.7 Å². The van der Waals surface area contributed by atoms with Crippen LogP contribution in [0.5, 0.6) is 11.5 Å². The zero-order chi connectivity index (χ0) is 37.4. The lowest BCUT2D eigenvalue weighted by atomic mass is 9.84. The Hall–Kier alpha value is -3.90.